The molecule has 2 aromatic carbocycles. The van der Waals surface area contributed by atoms with Gasteiger partial charge >= 0.3 is 0 Å². The number of hydrogen-bond donors (Lipinski definition) is 2. The van der Waals surface area contributed by atoms with Crippen LogP contribution in [0.15, 0.2) is 54.6 Å². The zero-order valence-electron chi connectivity index (χ0n) is 11.2. The van der Waals surface area contributed by atoms with Crippen molar-refractivity contribution in [2.24, 2.45) is 0 Å². The van der Waals surface area contributed by atoms with E-state index in [4.69, 9.17) is 0 Å². The molecule has 2 N–H and O–H groups in total. The molecule has 0 bridgehead atoms. The molecule has 1 aliphatic rings. The Hall–Kier alpha value is -2.06. The summed E-state index contributed by atoms with van der Waals surface area (Å²) in [7, 11) is 0. The fourth-order valence-corrected chi connectivity index (χ4v) is 3.38. The predicted octanol–water partition coefficient (Wildman–Crippen LogP) is 3.61. The van der Waals surface area contributed by atoms with E-state index in [1.54, 1.807) is 0 Å². The summed E-state index contributed by atoms with van der Waals surface area (Å²) in [6.45, 7) is 0. The third kappa shape index (κ3) is 1.76. The van der Waals surface area contributed by atoms with Gasteiger partial charge in [0.15, 0.2) is 0 Å². The number of fused-ring (bicyclic) bond motifs is 2. The lowest BCUT2D eigenvalue weighted by molar-refractivity contribution is 0.138. The Bertz CT molecular complexity index is 726. The molecule has 2 nitrogen and oxygen atoms in total. The van der Waals surface area contributed by atoms with Gasteiger partial charge in [-0.15, -0.1) is 0 Å². The highest BCUT2D eigenvalue weighted by molar-refractivity contribution is 5.80. The van der Waals surface area contributed by atoms with Crippen molar-refractivity contribution >= 4 is 10.9 Å². The summed E-state index contributed by atoms with van der Waals surface area (Å²) < 4.78 is 0. The summed E-state index contributed by atoms with van der Waals surface area (Å²) in [5.74, 6) is 0.0624. The zero-order chi connectivity index (χ0) is 13.5. The lowest BCUT2D eigenvalue weighted by atomic mass is 9.79. The van der Waals surface area contributed by atoms with Crippen molar-refractivity contribution in [1.82, 2.24) is 4.98 Å². The van der Waals surface area contributed by atoms with E-state index in [1.807, 2.05) is 12.1 Å². The Morgan fingerprint density at radius 1 is 1.00 bits per heavy atom. The van der Waals surface area contributed by atoms with E-state index < -0.39 is 0 Å². The number of para-hydroxylation sites is 1. The van der Waals surface area contributed by atoms with Crippen molar-refractivity contribution in [3.63, 3.8) is 0 Å². The smallest absolute Gasteiger partial charge is 0.0667 e. The highest BCUT2D eigenvalue weighted by atomic mass is 16.3. The normalized spacial score (nSPS) is 21.9. The monoisotopic (exact) mass is 263 g/mol. The van der Waals surface area contributed by atoms with Crippen molar-refractivity contribution in [3.8, 4) is 0 Å². The van der Waals surface area contributed by atoms with Gasteiger partial charge in [-0.3, -0.25) is 0 Å². The number of aliphatic hydroxyl groups is 1. The molecule has 1 aromatic heterocycles. The minimum atomic E-state index is -0.307. The molecule has 3 aromatic rings. The van der Waals surface area contributed by atoms with Crippen LogP contribution in [0.5, 0.6) is 0 Å². The minimum Gasteiger partial charge on any atom is -0.392 e. The molecule has 0 fully saturated rings. The Morgan fingerprint density at radius 3 is 2.70 bits per heavy atom. The molecule has 100 valence electrons. The SMILES string of the molecule is OC1CCc2ccccc2C1c1cc2ccccc2[nH]1. The Morgan fingerprint density at radius 2 is 1.80 bits per heavy atom. The maximum absolute atomic E-state index is 10.5. The van der Waals surface area contributed by atoms with Crippen LogP contribution in [0.1, 0.15) is 29.2 Å². The zero-order valence-corrected chi connectivity index (χ0v) is 11.2. The van der Waals surface area contributed by atoms with E-state index in [1.165, 1.54) is 16.5 Å². The summed E-state index contributed by atoms with van der Waals surface area (Å²) in [6, 6.07) is 18.9. The molecule has 2 unspecified atom stereocenters. The molecule has 0 amide bonds. The summed E-state index contributed by atoms with van der Waals surface area (Å²) in [5.41, 5.74) is 4.88. The van der Waals surface area contributed by atoms with Crippen LogP contribution in [0.4, 0.5) is 0 Å². The van der Waals surface area contributed by atoms with Crippen molar-refractivity contribution in [2.75, 3.05) is 0 Å². The summed E-state index contributed by atoms with van der Waals surface area (Å²) >= 11 is 0. The first-order valence-electron chi connectivity index (χ1n) is 7.16. The maximum Gasteiger partial charge on any atom is 0.0667 e. The number of aryl methyl sites for hydroxylation is 1. The van der Waals surface area contributed by atoms with Crippen LogP contribution in [0.3, 0.4) is 0 Å². The molecule has 20 heavy (non-hydrogen) atoms. The van der Waals surface area contributed by atoms with E-state index in [9.17, 15) is 5.11 Å². The number of aromatic nitrogens is 1. The number of nitrogens with one attached hydrogen (secondary N) is 1. The first-order chi connectivity index (χ1) is 9.83. The number of benzene rings is 2. The van der Waals surface area contributed by atoms with Gasteiger partial charge in [0.2, 0.25) is 0 Å². The number of aliphatic hydroxyl groups excluding tert-OH is 1. The van der Waals surface area contributed by atoms with Gasteiger partial charge in [0.1, 0.15) is 0 Å². The second-order valence-corrected chi connectivity index (χ2v) is 5.59. The van der Waals surface area contributed by atoms with E-state index >= 15 is 0 Å². The van der Waals surface area contributed by atoms with Gasteiger partial charge in [-0.05, 0) is 41.5 Å². The number of H-pyrrole nitrogens is 1. The first-order valence-corrected chi connectivity index (χ1v) is 7.16. The van der Waals surface area contributed by atoms with Crippen LogP contribution in [0, 0.1) is 0 Å². The van der Waals surface area contributed by atoms with Crippen LogP contribution >= 0.6 is 0 Å². The van der Waals surface area contributed by atoms with Crippen molar-refractivity contribution in [3.05, 3.63) is 71.4 Å². The van der Waals surface area contributed by atoms with Crippen LogP contribution < -0.4 is 0 Å². The Kier molecular flexibility index (Phi) is 2.64. The average Bonchev–Trinajstić information content (AvgIpc) is 2.90. The third-order valence-corrected chi connectivity index (χ3v) is 4.37. The molecule has 0 saturated carbocycles. The number of aromatic amines is 1. The fourth-order valence-electron chi connectivity index (χ4n) is 3.38. The van der Waals surface area contributed by atoms with Crippen LogP contribution in [0.2, 0.25) is 0 Å². The molecule has 1 aliphatic carbocycles. The quantitative estimate of drug-likeness (QED) is 0.691. The molecular weight excluding hydrogens is 246 g/mol. The highest BCUT2D eigenvalue weighted by Gasteiger charge is 2.30. The van der Waals surface area contributed by atoms with Gasteiger partial charge in [-0.2, -0.15) is 0 Å². The Labute approximate surface area is 118 Å². The molecule has 1 heterocycles. The molecule has 2 atom stereocenters. The second kappa shape index (κ2) is 4.50. The van der Waals surface area contributed by atoms with Gasteiger partial charge in [-0.1, -0.05) is 42.5 Å². The largest absolute Gasteiger partial charge is 0.392 e. The molecule has 0 aliphatic heterocycles. The van der Waals surface area contributed by atoms with Crippen molar-refractivity contribution < 1.29 is 5.11 Å². The molecule has 0 radical (unpaired) electrons. The van der Waals surface area contributed by atoms with Gasteiger partial charge in [0.25, 0.3) is 0 Å². The predicted molar refractivity (Wildman–Crippen MR) is 80.9 cm³/mol. The summed E-state index contributed by atoms with van der Waals surface area (Å²) in [4.78, 5) is 3.48. The Balaban J connectivity index is 1.88. The average molecular weight is 263 g/mol. The maximum atomic E-state index is 10.5. The van der Waals surface area contributed by atoms with Crippen LogP contribution in [-0.2, 0) is 6.42 Å². The fraction of sp³-hybridized carbons (Fsp3) is 0.222. The van der Waals surface area contributed by atoms with E-state index in [2.05, 4.69) is 47.4 Å². The lowest BCUT2D eigenvalue weighted by Crippen LogP contribution is -2.26. The molecule has 2 heteroatoms. The lowest BCUT2D eigenvalue weighted by Gasteiger charge is -2.29. The number of hydrogen-bond acceptors (Lipinski definition) is 1. The summed E-state index contributed by atoms with van der Waals surface area (Å²) in [6.07, 6.45) is 1.49. The third-order valence-electron chi connectivity index (χ3n) is 4.37. The number of rotatable bonds is 1. The van der Waals surface area contributed by atoms with E-state index in [0.29, 0.717) is 0 Å². The molecule has 0 spiro atoms. The molecular formula is C18H17NO. The summed E-state index contributed by atoms with van der Waals surface area (Å²) in [5, 5.41) is 11.7. The van der Waals surface area contributed by atoms with Crippen LogP contribution in [-0.4, -0.2) is 16.2 Å². The van der Waals surface area contributed by atoms with E-state index in [-0.39, 0.29) is 12.0 Å². The van der Waals surface area contributed by atoms with Gasteiger partial charge in [0.05, 0.1) is 12.0 Å². The van der Waals surface area contributed by atoms with Crippen LogP contribution in [0.25, 0.3) is 10.9 Å². The first kappa shape index (κ1) is 11.7. The minimum absolute atomic E-state index is 0.0624. The molecule has 0 saturated heterocycles. The van der Waals surface area contributed by atoms with Gasteiger partial charge in [-0.25, -0.2) is 0 Å². The highest BCUT2D eigenvalue weighted by Crippen LogP contribution is 2.37. The van der Waals surface area contributed by atoms with E-state index in [0.717, 1.165) is 24.1 Å². The van der Waals surface area contributed by atoms with Crippen molar-refractivity contribution in [2.45, 2.75) is 24.9 Å². The van der Waals surface area contributed by atoms with Gasteiger partial charge < -0.3 is 10.1 Å². The molecule has 4 rings (SSSR count). The van der Waals surface area contributed by atoms with Crippen molar-refractivity contribution in [1.29, 1.82) is 0 Å². The second-order valence-electron chi connectivity index (χ2n) is 5.59. The topological polar surface area (TPSA) is 36.0 Å². The van der Waals surface area contributed by atoms with Gasteiger partial charge in [0, 0.05) is 11.2 Å². The standard InChI is InChI=1S/C18H17NO/c20-17-10-9-12-5-1-3-7-14(12)18(17)16-11-13-6-2-4-8-15(13)19-16/h1-8,11,17-20H,9-10H2.